The van der Waals surface area contributed by atoms with E-state index in [1.54, 1.807) is 0 Å². The van der Waals surface area contributed by atoms with Crippen LogP contribution < -0.4 is 14.8 Å². The molecule has 3 aromatic carbocycles. The van der Waals surface area contributed by atoms with Crippen LogP contribution in [0.5, 0.6) is 11.5 Å². The molecule has 5 rings (SSSR count). The third-order valence-electron chi connectivity index (χ3n) is 7.55. The van der Waals surface area contributed by atoms with Gasteiger partial charge in [-0.15, -0.1) is 0 Å². The molecule has 5 nitrogen and oxygen atoms in total. The van der Waals surface area contributed by atoms with Crippen molar-refractivity contribution in [2.75, 3.05) is 26.3 Å². The van der Waals surface area contributed by atoms with Gasteiger partial charge in [-0.05, 0) is 91.7 Å². The Morgan fingerprint density at radius 3 is 2.42 bits per heavy atom. The van der Waals surface area contributed by atoms with E-state index in [1.165, 1.54) is 16.7 Å². The van der Waals surface area contributed by atoms with Crippen LogP contribution in [0.3, 0.4) is 0 Å². The fraction of sp³-hybridized carbons (Fsp3) is 0.344. The minimum atomic E-state index is -0.519. The Hall–Kier alpha value is -3.06. The molecular formula is C32H33Cl2FN2O3. The summed E-state index contributed by atoms with van der Waals surface area (Å²) in [6.07, 6.45) is 2.90. The number of aryl methyl sites for hydroxylation is 1. The van der Waals surface area contributed by atoms with E-state index < -0.39 is 5.82 Å². The van der Waals surface area contributed by atoms with Gasteiger partial charge in [-0.2, -0.15) is 0 Å². The van der Waals surface area contributed by atoms with E-state index in [4.69, 9.17) is 32.7 Å². The van der Waals surface area contributed by atoms with E-state index in [2.05, 4.69) is 42.3 Å². The normalized spacial score (nSPS) is 15.2. The average Bonchev–Trinajstić information content (AvgIpc) is 3.78. The van der Waals surface area contributed by atoms with E-state index in [9.17, 15) is 9.18 Å². The number of hydrogen-bond acceptors (Lipinski definition) is 4. The molecule has 0 saturated heterocycles. The molecule has 1 N–H and O–H groups in total. The zero-order valence-corrected chi connectivity index (χ0v) is 24.2. The fourth-order valence-corrected chi connectivity index (χ4v) is 5.59. The van der Waals surface area contributed by atoms with Crippen molar-refractivity contribution in [2.45, 2.75) is 45.7 Å². The molecule has 0 radical (unpaired) electrons. The van der Waals surface area contributed by atoms with Gasteiger partial charge in [-0.25, -0.2) is 4.39 Å². The van der Waals surface area contributed by atoms with Crippen LogP contribution in [-0.2, 0) is 11.3 Å². The number of rotatable bonds is 10. The topological polar surface area (TPSA) is 50.8 Å². The second kappa shape index (κ2) is 12.6. The van der Waals surface area contributed by atoms with Gasteiger partial charge >= 0.3 is 0 Å². The van der Waals surface area contributed by atoms with E-state index >= 15 is 0 Å². The smallest absolute Gasteiger partial charge is 0.251 e. The highest BCUT2D eigenvalue weighted by molar-refractivity contribution is 6.37. The van der Waals surface area contributed by atoms with Crippen molar-refractivity contribution in [3.8, 4) is 11.5 Å². The Balaban J connectivity index is 1.26. The van der Waals surface area contributed by atoms with Crippen molar-refractivity contribution in [1.29, 1.82) is 0 Å². The Bertz CT molecular complexity index is 1400. The first-order chi connectivity index (χ1) is 19.3. The van der Waals surface area contributed by atoms with Gasteiger partial charge in [-0.3, -0.25) is 4.79 Å². The van der Waals surface area contributed by atoms with Gasteiger partial charge < -0.3 is 19.7 Å². The highest BCUT2D eigenvalue weighted by Crippen LogP contribution is 2.35. The second-order valence-electron chi connectivity index (χ2n) is 10.3. The van der Waals surface area contributed by atoms with Crippen molar-refractivity contribution in [1.82, 2.24) is 10.2 Å². The van der Waals surface area contributed by atoms with Gasteiger partial charge in [0.05, 0.1) is 10.0 Å². The largest absolute Gasteiger partial charge is 0.490 e. The van der Waals surface area contributed by atoms with E-state index in [0.29, 0.717) is 24.9 Å². The van der Waals surface area contributed by atoms with Crippen molar-refractivity contribution in [2.24, 2.45) is 0 Å². The lowest BCUT2D eigenvalue weighted by atomic mass is 9.93. The first-order valence-corrected chi connectivity index (χ1v) is 14.4. The quantitative estimate of drug-likeness (QED) is 0.258. The molecule has 0 spiro atoms. The Labute approximate surface area is 244 Å². The molecule has 1 saturated carbocycles. The lowest BCUT2D eigenvalue weighted by Crippen LogP contribution is -2.39. The van der Waals surface area contributed by atoms with Crippen molar-refractivity contribution < 1.29 is 18.7 Å². The van der Waals surface area contributed by atoms with E-state index in [-0.39, 0.29) is 34.9 Å². The minimum absolute atomic E-state index is 0.115. The molecule has 3 aromatic rings. The third-order valence-corrected chi connectivity index (χ3v) is 8.11. The van der Waals surface area contributed by atoms with Crippen LogP contribution in [0.2, 0.25) is 10.0 Å². The number of halogens is 3. The van der Waals surface area contributed by atoms with Crippen LogP contribution in [0.15, 0.2) is 60.2 Å². The van der Waals surface area contributed by atoms with E-state index in [1.807, 2.05) is 24.3 Å². The third kappa shape index (κ3) is 6.63. The molecule has 1 fully saturated rings. The standard InChI is InChI=1S/C32H33Cl2FN2O3/c1-20-4-3-5-23(21(20)2)19-37(25-8-9-25)32(38)28-18-36-13-12-27(28)22-6-10-26(11-7-22)39-14-15-40-31-29(33)16-24(35)17-30(31)34/h3-7,10-11,16-17,25,36H,8-9,12-15,18-19H2,1-2H3. The summed E-state index contributed by atoms with van der Waals surface area (Å²) in [5.41, 5.74) is 6.67. The highest BCUT2D eigenvalue weighted by atomic mass is 35.5. The Kier molecular flexibility index (Phi) is 8.99. The molecule has 210 valence electrons. The van der Waals surface area contributed by atoms with Gasteiger partial charge in [0, 0.05) is 24.7 Å². The zero-order valence-electron chi connectivity index (χ0n) is 22.7. The summed E-state index contributed by atoms with van der Waals surface area (Å²) in [7, 11) is 0. The predicted molar refractivity (Wildman–Crippen MR) is 158 cm³/mol. The lowest BCUT2D eigenvalue weighted by molar-refractivity contribution is -0.128. The van der Waals surface area contributed by atoms with E-state index in [0.717, 1.165) is 54.6 Å². The number of benzene rings is 3. The number of carbonyl (C=O) groups excluding carboxylic acids is 1. The fourth-order valence-electron chi connectivity index (χ4n) is 5.02. The molecule has 40 heavy (non-hydrogen) atoms. The van der Waals surface area contributed by atoms with Crippen molar-refractivity contribution in [3.63, 3.8) is 0 Å². The summed E-state index contributed by atoms with van der Waals surface area (Å²) in [4.78, 5) is 16.0. The van der Waals surface area contributed by atoms with Crippen molar-refractivity contribution in [3.05, 3.63) is 98.3 Å². The maximum Gasteiger partial charge on any atom is 0.251 e. The van der Waals surface area contributed by atoms with Crippen LogP contribution in [-0.4, -0.2) is 43.2 Å². The summed E-state index contributed by atoms with van der Waals surface area (Å²) in [5.74, 6) is 0.521. The maximum absolute atomic E-state index is 13.9. The molecule has 1 amide bonds. The number of carbonyl (C=O) groups is 1. The lowest BCUT2D eigenvalue weighted by Gasteiger charge is -2.29. The van der Waals surface area contributed by atoms with Crippen LogP contribution in [0.25, 0.3) is 5.57 Å². The predicted octanol–water partition coefficient (Wildman–Crippen LogP) is 7.15. The molecule has 0 atom stereocenters. The van der Waals surface area contributed by atoms with Crippen LogP contribution in [0.1, 0.15) is 41.5 Å². The summed E-state index contributed by atoms with van der Waals surface area (Å²) in [6, 6.07) is 16.8. The van der Waals surface area contributed by atoms with Crippen LogP contribution >= 0.6 is 23.2 Å². The van der Waals surface area contributed by atoms with Crippen LogP contribution in [0.4, 0.5) is 4.39 Å². The second-order valence-corrected chi connectivity index (χ2v) is 11.1. The zero-order chi connectivity index (χ0) is 28.2. The first-order valence-electron chi connectivity index (χ1n) is 13.6. The maximum atomic E-state index is 13.9. The van der Waals surface area contributed by atoms with Gasteiger partial charge in [0.15, 0.2) is 5.75 Å². The molecule has 0 bridgehead atoms. The molecule has 1 aliphatic carbocycles. The van der Waals surface area contributed by atoms with Gasteiger partial charge in [-0.1, -0.05) is 53.5 Å². The molecule has 2 aliphatic rings. The SMILES string of the molecule is Cc1cccc(CN(C(=O)C2=C(c3ccc(OCCOc4c(Cl)cc(F)cc4Cl)cc3)CCNC2)C2CC2)c1C. The van der Waals surface area contributed by atoms with Gasteiger partial charge in [0.2, 0.25) is 0 Å². The Morgan fingerprint density at radius 2 is 1.73 bits per heavy atom. The average molecular weight is 584 g/mol. The highest BCUT2D eigenvalue weighted by Gasteiger charge is 2.35. The minimum Gasteiger partial charge on any atom is -0.490 e. The van der Waals surface area contributed by atoms with Gasteiger partial charge in [0.1, 0.15) is 24.8 Å². The molecule has 8 heteroatoms. The number of nitrogens with zero attached hydrogens (tertiary/aromatic N) is 1. The summed E-state index contributed by atoms with van der Waals surface area (Å²) in [5, 5.41) is 3.63. The summed E-state index contributed by atoms with van der Waals surface area (Å²) >= 11 is 12.0. The molecule has 1 aliphatic heterocycles. The van der Waals surface area contributed by atoms with Gasteiger partial charge in [0.25, 0.3) is 5.91 Å². The summed E-state index contributed by atoms with van der Waals surface area (Å²) in [6.45, 7) is 6.73. The Morgan fingerprint density at radius 1 is 1.02 bits per heavy atom. The molecule has 0 unspecified atom stereocenters. The number of hydrogen-bond donors (Lipinski definition) is 1. The monoisotopic (exact) mass is 582 g/mol. The number of ether oxygens (including phenoxy) is 2. The molecule has 1 heterocycles. The van der Waals surface area contributed by atoms with Crippen LogP contribution in [0, 0.1) is 19.7 Å². The van der Waals surface area contributed by atoms with Crippen molar-refractivity contribution >= 4 is 34.7 Å². The summed E-state index contributed by atoms with van der Waals surface area (Å²) < 4.78 is 24.8. The molecular weight excluding hydrogens is 550 g/mol. The number of amides is 1. The first kappa shape index (κ1) is 28.5. The number of nitrogens with one attached hydrogen (secondary N) is 1. The molecule has 0 aromatic heterocycles.